The van der Waals surface area contributed by atoms with Crippen LogP contribution in [0, 0.1) is 0 Å². The Balaban J connectivity index is 2.06. The van der Waals surface area contributed by atoms with Gasteiger partial charge in [0.15, 0.2) is 0 Å². The van der Waals surface area contributed by atoms with Crippen LogP contribution in [0.1, 0.15) is 23.2 Å². The van der Waals surface area contributed by atoms with Crippen molar-refractivity contribution >= 4 is 11.9 Å². The molecular formula is C10H9NO4. The second kappa shape index (κ2) is 3.61. The molecule has 0 aliphatic carbocycles. The van der Waals surface area contributed by atoms with Crippen molar-refractivity contribution in [2.24, 2.45) is 0 Å². The lowest BCUT2D eigenvalue weighted by Crippen LogP contribution is -2.26. The number of nitrogens with zero attached hydrogens (tertiary/aromatic N) is 1. The van der Waals surface area contributed by atoms with Gasteiger partial charge in [-0.15, -0.1) is 5.06 Å². The molecule has 1 aromatic heterocycles. The van der Waals surface area contributed by atoms with Gasteiger partial charge in [-0.2, -0.15) is 0 Å². The number of hydroxylamine groups is 2. The van der Waals surface area contributed by atoms with E-state index in [1.807, 2.05) is 0 Å². The fourth-order valence-corrected chi connectivity index (χ4v) is 1.26. The molecule has 1 amide bonds. The molecule has 0 atom stereocenters. The van der Waals surface area contributed by atoms with Gasteiger partial charge in [0.25, 0.3) is 5.91 Å². The van der Waals surface area contributed by atoms with E-state index in [0.717, 1.165) is 5.06 Å². The van der Waals surface area contributed by atoms with Gasteiger partial charge in [-0.05, 0) is 12.5 Å². The zero-order chi connectivity index (χ0) is 10.8. The van der Waals surface area contributed by atoms with Crippen molar-refractivity contribution < 1.29 is 18.8 Å². The molecule has 0 spiro atoms. The van der Waals surface area contributed by atoms with E-state index in [0.29, 0.717) is 18.5 Å². The van der Waals surface area contributed by atoms with Crippen molar-refractivity contribution in [3.63, 3.8) is 0 Å². The molecule has 1 fully saturated rings. The SMILES string of the molecule is C=C1CCC(=O)N1OC(=O)c1ccoc1. The largest absolute Gasteiger partial charge is 0.472 e. The molecule has 0 N–H and O–H groups in total. The summed E-state index contributed by atoms with van der Waals surface area (Å²) in [6.45, 7) is 3.62. The number of allylic oxidation sites excluding steroid dienone is 1. The van der Waals surface area contributed by atoms with Gasteiger partial charge < -0.3 is 9.25 Å². The molecule has 0 bridgehead atoms. The molecule has 1 aromatic rings. The first-order valence-electron chi connectivity index (χ1n) is 4.43. The highest BCUT2D eigenvalue weighted by Crippen LogP contribution is 2.21. The van der Waals surface area contributed by atoms with Crippen molar-refractivity contribution in [2.45, 2.75) is 12.8 Å². The van der Waals surface area contributed by atoms with Gasteiger partial charge in [-0.25, -0.2) is 4.79 Å². The minimum atomic E-state index is -0.625. The summed E-state index contributed by atoms with van der Waals surface area (Å²) in [6, 6.07) is 1.46. The summed E-state index contributed by atoms with van der Waals surface area (Å²) in [7, 11) is 0. The van der Waals surface area contributed by atoms with Crippen molar-refractivity contribution in [3.8, 4) is 0 Å². The Morgan fingerprint density at radius 3 is 2.87 bits per heavy atom. The van der Waals surface area contributed by atoms with Gasteiger partial charge in [0.2, 0.25) is 0 Å². The molecule has 0 saturated carbocycles. The Morgan fingerprint density at radius 1 is 1.53 bits per heavy atom. The molecule has 5 nitrogen and oxygen atoms in total. The van der Waals surface area contributed by atoms with Crippen molar-refractivity contribution in [1.29, 1.82) is 0 Å². The zero-order valence-corrected chi connectivity index (χ0v) is 7.93. The molecule has 0 radical (unpaired) electrons. The molecular weight excluding hydrogens is 198 g/mol. The van der Waals surface area contributed by atoms with Crippen molar-refractivity contribution in [3.05, 3.63) is 36.4 Å². The van der Waals surface area contributed by atoms with E-state index in [2.05, 4.69) is 6.58 Å². The van der Waals surface area contributed by atoms with Crippen LogP contribution in [-0.4, -0.2) is 16.9 Å². The Hall–Kier alpha value is -2.04. The number of furan rings is 1. The number of rotatable bonds is 2. The second-order valence-electron chi connectivity index (χ2n) is 3.15. The van der Waals surface area contributed by atoms with Gasteiger partial charge in [-0.3, -0.25) is 4.79 Å². The molecule has 1 saturated heterocycles. The average Bonchev–Trinajstić information content (AvgIpc) is 2.82. The van der Waals surface area contributed by atoms with Gasteiger partial charge in [-0.1, -0.05) is 6.58 Å². The van der Waals surface area contributed by atoms with Gasteiger partial charge in [0, 0.05) is 6.42 Å². The van der Waals surface area contributed by atoms with Crippen molar-refractivity contribution in [1.82, 2.24) is 5.06 Å². The quantitative estimate of drug-likeness (QED) is 0.737. The third-order valence-electron chi connectivity index (χ3n) is 2.07. The Morgan fingerprint density at radius 2 is 2.33 bits per heavy atom. The van der Waals surface area contributed by atoms with Crippen LogP contribution in [0.25, 0.3) is 0 Å². The van der Waals surface area contributed by atoms with Crippen LogP contribution in [0.5, 0.6) is 0 Å². The molecule has 15 heavy (non-hydrogen) atoms. The summed E-state index contributed by atoms with van der Waals surface area (Å²) in [5, 5.41) is 0.940. The van der Waals surface area contributed by atoms with Gasteiger partial charge in [0.05, 0.1) is 12.0 Å². The molecule has 1 aliphatic heterocycles. The molecule has 1 aliphatic rings. The zero-order valence-electron chi connectivity index (χ0n) is 7.93. The third kappa shape index (κ3) is 1.76. The molecule has 2 rings (SSSR count). The van der Waals surface area contributed by atoms with Crippen LogP contribution < -0.4 is 0 Å². The normalized spacial score (nSPS) is 15.9. The van der Waals surface area contributed by atoms with Crippen LogP contribution >= 0.6 is 0 Å². The number of hydrogen-bond acceptors (Lipinski definition) is 4. The van der Waals surface area contributed by atoms with E-state index in [4.69, 9.17) is 9.25 Å². The number of carbonyl (C=O) groups excluding carboxylic acids is 2. The lowest BCUT2D eigenvalue weighted by atomic mass is 10.3. The van der Waals surface area contributed by atoms with Crippen LogP contribution in [0.2, 0.25) is 0 Å². The van der Waals surface area contributed by atoms with Gasteiger partial charge >= 0.3 is 5.97 Å². The molecule has 2 heterocycles. The maximum Gasteiger partial charge on any atom is 0.366 e. The van der Waals surface area contributed by atoms with E-state index >= 15 is 0 Å². The summed E-state index contributed by atoms with van der Waals surface area (Å²) >= 11 is 0. The fraction of sp³-hybridized carbons (Fsp3) is 0.200. The summed E-state index contributed by atoms with van der Waals surface area (Å²) in [5.41, 5.74) is 0.763. The summed E-state index contributed by atoms with van der Waals surface area (Å²) < 4.78 is 4.73. The van der Waals surface area contributed by atoms with Crippen LogP contribution in [0.4, 0.5) is 0 Å². The van der Waals surface area contributed by atoms with Crippen LogP contribution in [0.3, 0.4) is 0 Å². The standard InChI is InChI=1S/C10H9NO4/c1-7-2-3-9(12)11(7)15-10(13)8-4-5-14-6-8/h4-6H,1-3H2. The first kappa shape index (κ1) is 9.51. The summed E-state index contributed by atoms with van der Waals surface area (Å²) in [6.07, 6.45) is 3.47. The second-order valence-corrected chi connectivity index (χ2v) is 3.15. The smallest absolute Gasteiger partial charge is 0.366 e. The highest BCUT2D eigenvalue weighted by Gasteiger charge is 2.28. The maximum atomic E-state index is 11.4. The monoisotopic (exact) mass is 207 g/mol. The van der Waals surface area contributed by atoms with E-state index in [1.165, 1.54) is 18.6 Å². The lowest BCUT2D eigenvalue weighted by molar-refractivity contribution is -0.153. The van der Waals surface area contributed by atoms with E-state index in [9.17, 15) is 9.59 Å². The number of carbonyl (C=O) groups is 2. The van der Waals surface area contributed by atoms with E-state index in [-0.39, 0.29) is 11.5 Å². The number of hydrogen-bond donors (Lipinski definition) is 0. The van der Waals surface area contributed by atoms with Crippen molar-refractivity contribution in [2.75, 3.05) is 0 Å². The predicted octanol–water partition coefficient (Wildman–Crippen LogP) is 1.49. The highest BCUT2D eigenvalue weighted by atomic mass is 16.7. The van der Waals surface area contributed by atoms with E-state index in [1.54, 1.807) is 0 Å². The average molecular weight is 207 g/mol. The molecule has 0 aromatic carbocycles. The topological polar surface area (TPSA) is 59.8 Å². The minimum Gasteiger partial charge on any atom is -0.472 e. The third-order valence-corrected chi connectivity index (χ3v) is 2.07. The number of amides is 1. The fourth-order valence-electron chi connectivity index (χ4n) is 1.26. The van der Waals surface area contributed by atoms with Crippen LogP contribution in [0.15, 0.2) is 35.3 Å². The highest BCUT2D eigenvalue weighted by molar-refractivity contribution is 5.90. The van der Waals surface area contributed by atoms with Gasteiger partial charge in [0.1, 0.15) is 11.8 Å². The Labute approximate surface area is 85.9 Å². The van der Waals surface area contributed by atoms with E-state index < -0.39 is 5.97 Å². The molecule has 0 unspecified atom stereocenters. The molecule has 5 heteroatoms. The minimum absolute atomic E-state index is 0.253. The predicted molar refractivity (Wildman–Crippen MR) is 49.3 cm³/mol. The first-order valence-corrected chi connectivity index (χ1v) is 4.43. The first-order chi connectivity index (χ1) is 7.18. The summed E-state index contributed by atoms with van der Waals surface area (Å²) in [4.78, 5) is 27.6. The summed E-state index contributed by atoms with van der Waals surface area (Å²) in [5.74, 6) is -0.878. The Kier molecular flexibility index (Phi) is 2.29. The van der Waals surface area contributed by atoms with Crippen LogP contribution in [-0.2, 0) is 9.63 Å². The maximum absolute atomic E-state index is 11.4. The molecule has 78 valence electrons. The lowest BCUT2D eigenvalue weighted by Gasteiger charge is -2.14. The Bertz CT molecular complexity index is 391.